The van der Waals surface area contributed by atoms with E-state index in [1.807, 2.05) is 30.4 Å². The summed E-state index contributed by atoms with van der Waals surface area (Å²) in [6, 6.07) is 7.30. The van der Waals surface area contributed by atoms with Crippen LogP contribution in [0.2, 0.25) is 5.02 Å². The molecule has 0 saturated heterocycles. The molecule has 4 nitrogen and oxygen atoms in total. The van der Waals surface area contributed by atoms with E-state index in [2.05, 4.69) is 5.32 Å². The molecule has 2 N–H and O–H groups in total. The number of nitrogens with one attached hydrogen (secondary N) is 1. The zero-order valence-corrected chi connectivity index (χ0v) is 12.1. The standard InChI is InChI=1S/C16H16ClNO3/c17-12-4-2-1-3-11(12)8-18-15(19)13-9-5-6-10(7-9)14(13)16(20)21/h1-6,9-10,13-14H,7-8H2,(H,18,19)(H,20,21). The highest BCUT2D eigenvalue weighted by Gasteiger charge is 2.51. The Morgan fingerprint density at radius 2 is 1.86 bits per heavy atom. The number of allylic oxidation sites excluding steroid dienone is 2. The predicted molar refractivity (Wildman–Crippen MR) is 78.7 cm³/mol. The molecule has 2 aliphatic rings. The smallest absolute Gasteiger partial charge is 0.307 e. The van der Waals surface area contributed by atoms with Gasteiger partial charge >= 0.3 is 5.97 Å². The van der Waals surface area contributed by atoms with Crippen molar-refractivity contribution in [3.05, 3.63) is 47.0 Å². The van der Waals surface area contributed by atoms with Gasteiger partial charge < -0.3 is 10.4 Å². The van der Waals surface area contributed by atoms with Crippen LogP contribution in [0, 0.1) is 23.7 Å². The lowest BCUT2D eigenvalue weighted by Crippen LogP contribution is -2.39. The van der Waals surface area contributed by atoms with E-state index in [1.165, 1.54) is 0 Å². The molecule has 4 atom stereocenters. The van der Waals surface area contributed by atoms with Gasteiger partial charge in [0, 0.05) is 11.6 Å². The molecule has 1 amide bonds. The second-order valence-electron chi connectivity index (χ2n) is 5.65. The maximum Gasteiger partial charge on any atom is 0.307 e. The van der Waals surface area contributed by atoms with Crippen molar-refractivity contribution in [1.82, 2.24) is 5.32 Å². The van der Waals surface area contributed by atoms with E-state index in [-0.39, 0.29) is 17.7 Å². The fraction of sp³-hybridized carbons (Fsp3) is 0.375. The van der Waals surface area contributed by atoms with Crippen LogP contribution in [-0.2, 0) is 16.1 Å². The van der Waals surface area contributed by atoms with Gasteiger partial charge in [-0.1, -0.05) is 42.0 Å². The second kappa shape index (κ2) is 5.53. The van der Waals surface area contributed by atoms with Gasteiger partial charge in [-0.25, -0.2) is 0 Å². The molecule has 21 heavy (non-hydrogen) atoms. The molecule has 1 aromatic rings. The molecule has 0 heterocycles. The Hall–Kier alpha value is -1.81. The molecule has 3 rings (SSSR count). The zero-order valence-electron chi connectivity index (χ0n) is 11.3. The Bertz CT molecular complexity index is 613. The van der Waals surface area contributed by atoms with E-state index >= 15 is 0 Å². The van der Waals surface area contributed by atoms with E-state index in [0.29, 0.717) is 11.6 Å². The molecule has 1 fully saturated rings. The first-order valence-electron chi connectivity index (χ1n) is 7.00. The fourth-order valence-electron chi connectivity index (χ4n) is 3.46. The maximum atomic E-state index is 12.4. The van der Waals surface area contributed by atoms with Gasteiger partial charge in [-0.05, 0) is 29.9 Å². The van der Waals surface area contributed by atoms with Crippen LogP contribution in [0.3, 0.4) is 0 Å². The fourth-order valence-corrected chi connectivity index (χ4v) is 3.66. The highest BCUT2D eigenvalue weighted by atomic mass is 35.5. The Kier molecular flexibility index (Phi) is 3.72. The van der Waals surface area contributed by atoms with E-state index < -0.39 is 17.8 Å². The molecule has 4 unspecified atom stereocenters. The molecule has 0 radical (unpaired) electrons. The normalized spacial score (nSPS) is 29.6. The van der Waals surface area contributed by atoms with Crippen LogP contribution < -0.4 is 5.32 Å². The highest BCUT2D eigenvalue weighted by Crippen LogP contribution is 2.48. The second-order valence-corrected chi connectivity index (χ2v) is 6.05. The predicted octanol–water partition coefficient (Wildman–Crippen LogP) is 2.48. The van der Waals surface area contributed by atoms with E-state index in [1.54, 1.807) is 6.07 Å². The van der Waals surface area contributed by atoms with Crippen LogP contribution >= 0.6 is 11.6 Å². The molecule has 1 saturated carbocycles. The largest absolute Gasteiger partial charge is 0.481 e. The number of rotatable bonds is 4. The minimum absolute atomic E-state index is 0.0106. The third-order valence-electron chi connectivity index (χ3n) is 4.46. The van der Waals surface area contributed by atoms with Gasteiger partial charge in [-0.15, -0.1) is 0 Å². The number of benzene rings is 1. The van der Waals surface area contributed by atoms with Gasteiger partial charge in [0.05, 0.1) is 11.8 Å². The summed E-state index contributed by atoms with van der Waals surface area (Å²) in [5.41, 5.74) is 0.832. The molecule has 110 valence electrons. The van der Waals surface area contributed by atoms with Crippen molar-refractivity contribution < 1.29 is 14.7 Å². The van der Waals surface area contributed by atoms with Crippen LogP contribution in [0.1, 0.15) is 12.0 Å². The third kappa shape index (κ3) is 2.56. The first kappa shape index (κ1) is 14.1. The Morgan fingerprint density at radius 3 is 2.52 bits per heavy atom. The Labute approximate surface area is 127 Å². The minimum atomic E-state index is -0.884. The van der Waals surface area contributed by atoms with Crippen LogP contribution in [-0.4, -0.2) is 17.0 Å². The van der Waals surface area contributed by atoms with Crippen molar-refractivity contribution in [1.29, 1.82) is 0 Å². The molecule has 0 aromatic heterocycles. The van der Waals surface area contributed by atoms with Gasteiger partial charge in [-0.2, -0.15) is 0 Å². The number of carboxylic acids is 1. The van der Waals surface area contributed by atoms with E-state index in [9.17, 15) is 14.7 Å². The van der Waals surface area contributed by atoms with E-state index in [4.69, 9.17) is 11.6 Å². The summed E-state index contributed by atoms with van der Waals surface area (Å²) >= 11 is 6.05. The SMILES string of the molecule is O=C(O)C1C2C=CC(C2)C1C(=O)NCc1ccccc1Cl. The average molecular weight is 306 g/mol. The summed E-state index contributed by atoms with van der Waals surface area (Å²) in [6.07, 6.45) is 4.67. The third-order valence-corrected chi connectivity index (χ3v) is 4.83. The molecule has 0 spiro atoms. The first-order valence-corrected chi connectivity index (χ1v) is 7.38. The topological polar surface area (TPSA) is 66.4 Å². The molecule has 0 aliphatic heterocycles. The zero-order chi connectivity index (χ0) is 15.0. The summed E-state index contributed by atoms with van der Waals surface area (Å²) in [7, 11) is 0. The van der Waals surface area contributed by atoms with Gasteiger partial charge in [0.2, 0.25) is 5.91 Å². The summed E-state index contributed by atoms with van der Waals surface area (Å²) in [5, 5.41) is 12.8. The Morgan fingerprint density at radius 1 is 1.19 bits per heavy atom. The van der Waals surface area contributed by atoms with Crippen LogP contribution in [0.15, 0.2) is 36.4 Å². The molecule has 5 heteroatoms. The van der Waals surface area contributed by atoms with Gasteiger partial charge in [-0.3, -0.25) is 9.59 Å². The quantitative estimate of drug-likeness (QED) is 0.840. The van der Waals surface area contributed by atoms with Crippen LogP contribution in [0.25, 0.3) is 0 Å². The number of hydrogen-bond donors (Lipinski definition) is 2. The summed E-state index contributed by atoms with van der Waals surface area (Å²) in [6.45, 7) is 0.322. The number of carbonyl (C=O) groups excluding carboxylic acids is 1. The summed E-state index contributed by atoms with van der Waals surface area (Å²) < 4.78 is 0. The van der Waals surface area contributed by atoms with Gasteiger partial charge in [0.25, 0.3) is 0 Å². The van der Waals surface area contributed by atoms with Crippen LogP contribution in [0.4, 0.5) is 0 Å². The number of halogens is 1. The molecule has 1 aromatic carbocycles. The highest BCUT2D eigenvalue weighted by molar-refractivity contribution is 6.31. The van der Waals surface area contributed by atoms with Crippen molar-refractivity contribution in [2.24, 2.45) is 23.7 Å². The molecular formula is C16H16ClNO3. The molecular weight excluding hydrogens is 290 g/mol. The summed E-state index contributed by atoms with van der Waals surface area (Å²) in [5.74, 6) is -2.12. The van der Waals surface area contributed by atoms with E-state index in [0.717, 1.165) is 12.0 Å². The number of hydrogen-bond acceptors (Lipinski definition) is 2. The minimum Gasteiger partial charge on any atom is -0.481 e. The first-order chi connectivity index (χ1) is 10.1. The van der Waals surface area contributed by atoms with Crippen molar-refractivity contribution in [2.45, 2.75) is 13.0 Å². The number of carboxylic acid groups (broad SMARTS) is 1. The molecule has 2 bridgehead atoms. The number of carbonyl (C=O) groups is 2. The average Bonchev–Trinajstić information content (AvgIpc) is 3.06. The van der Waals surface area contributed by atoms with Gasteiger partial charge in [0.15, 0.2) is 0 Å². The van der Waals surface area contributed by atoms with Crippen molar-refractivity contribution in [3.63, 3.8) is 0 Å². The lowest BCUT2D eigenvalue weighted by Gasteiger charge is -2.23. The van der Waals surface area contributed by atoms with Crippen LogP contribution in [0.5, 0.6) is 0 Å². The van der Waals surface area contributed by atoms with Crippen molar-refractivity contribution in [2.75, 3.05) is 0 Å². The van der Waals surface area contributed by atoms with Gasteiger partial charge in [0.1, 0.15) is 0 Å². The summed E-state index contributed by atoms with van der Waals surface area (Å²) in [4.78, 5) is 23.8. The lowest BCUT2D eigenvalue weighted by molar-refractivity contribution is -0.147. The lowest BCUT2D eigenvalue weighted by atomic mass is 9.82. The number of fused-ring (bicyclic) bond motifs is 2. The molecule has 2 aliphatic carbocycles. The number of aliphatic carboxylic acids is 1. The van der Waals surface area contributed by atoms with Crippen molar-refractivity contribution >= 4 is 23.5 Å². The number of amides is 1. The maximum absolute atomic E-state index is 12.4. The monoisotopic (exact) mass is 305 g/mol. The Balaban J connectivity index is 1.69. The van der Waals surface area contributed by atoms with Crippen molar-refractivity contribution in [3.8, 4) is 0 Å².